The number of primary amides is 1. The van der Waals surface area contributed by atoms with Crippen LogP contribution in [-0.2, 0) is 11.2 Å². The fourth-order valence-electron chi connectivity index (χ4n) is 2.72. The minimum absolute atomic E-state index is 0.00820. The number of imide groups is 1. The average molecular weight is 361 g/mol. The van der Waals surface area contributed by atoms with E-state index in [1.807, 2.05) is 16.8 Å². The predicted octanol–water partition coefficient (Wildman–Crippen LogP) is 2.33. The minimum Gasteiger partial charge on any atom is -0.351 e. The molecule has 5 nitrogen and oxygen atoms in total. The van der Waals surface area contributed by atoms with Gasteiger partial charge in [-0.2, -0.15) is 0 Å². The molecule has 0 bridgehead atoms. The van der Waals surface area contributed by atoms with E-state index >= 15 is 0 Å². The zero-order valence-electron chi connectivity index (χ0n) is 14.7. The lowest BCUT2D eigenvalue weighted by atomic mass is 10.0. The van der Waals surface area contributed by atoms with Crippen molar-refractivity contribution in [3.8, 4) is 0 Å². The molecule has 0 unspecified atom stereocenters. The smallest absolute Gasteiger partial charge is 0.319 e. The number of quaternary nitrogens is 1. The second-order valence-corrected chi connectivity index (χ2v) is 7.15. The Morgan fingerprint density at radius 3 is 2.52 bits per heavy atom. The van der Waals surface area contributed by atoms with Crippen molar-refractivity contribution in [3.05, 3.63) is 57.8 Å². The Morgan fingerprint density at radius 2 is 1.96 bits per heavy atom. The van der Waals surface area contributed by atoms with Gasteiger partial charge in [0.25, 0.3) is 5.91 Å². The zero-order chi connectivity index (χ0) is 18.2. The molecular weight excluding hydrogens is 334 g/mol. The lowest BCUT2D eigenvalue weighted by Gasteiger charge is -2.19. The largest absolute Gasteiger partial charge is 0.351 e. The fourth-order valence-corrected chi connectivity index (χ4v) is 3.55. The molecule has 25 heavy (non-hydrogen) atoms. The standard InChI is InChI=1S/C19H25N3O2S/c1-3-4-6-14-8-10-15(11-9-14)17(16-7-5-12-25-16)21-13(2)18(23)22-19(20)24/h5,7-13,17,21H,3-4,6H2,1-2H3,(H3,20,22,23,24)/p+1/t13-,17+/m1/s1. The van der Waals surface area contributed by atoms with E-state index in [4.69, 9.17) is 5.73 Å². The number of thiophene rings is 1. The highest BCUT2D eigenvalue weighted by Crippen LogP contribution is 2.23. The van der Waals surface area contributed by atoms with Gasteiger partial charge < -0.3 is 11.1 Å². The van der Waals surface area contributed by atoms with Gasteiger partial charge in [-0.25, -0.2) is 4.79 Å². The van der Waals surface area contributed by atoms with Gasteiger partial charge in [0, 0.05) is 5.56 Å². The normalized spacial score (nSPS) is 13.2. The molecule has 1 heterocycles. The summed E-state index contributed by atoms with van der Waals surface area (Å²) >= 11 is 1.66. The molecule has 0 fully saturated rings. The van der Waals surface area contributed by atoms with Crippen molar-refractivity contribution in [2.45, 2.75) is 45.2 Å². The van der Waals surface area contributed by atoms with Crippen molar-refractivity contribution in [1.82, 2.24) is 5.32 Å². The maximum Gasteiger partial charge on any atom is 0.319 e. The third-order valence-electron chi connectivity index (χ3n) is 4.15. The number of carbonyl (C=O) groups is 2. The Hall–Kier alpha value is -2.18. The summed E-state index contributed by atoms with van der Waals surface area (Å²) in [4.78, 5) is 24.1. The van der Waals surface area contributed by atoms with E-state index in [9.17, 15) is 9.59 Å². The quantitative estimate of drug-likeness (QED) is 0.674. The molecule has 0 saturated heterocycles. The summed E-state index contributed by atoms with van der Waals surface area (Å²) in [6.07, 6.45) is 3.45. The molecule has 5 N–H and O–H groups in total. The van der Waals surface area contributed by atoms with Crippen LogP contribution in [0.25, 0.3) is 0 Å². The van der Waals surface area contributed by atoms with E-state index in [1.54, 1.807) is 18.3 Å². The molecule has 2 rings (SSSR count). The van der Waals surface area contributed by atoms with E-state index in [1.165, 1.54) is 23.3 Å². The van der Waals surface area contributed by atoms with Gasteiger partial charge in [-0.1, -0.05) is 43.7 Å². The van der Waals surface area contributed by atoms with Crippen molar-refractivity contribution in [3.63, 3.8) is 0 Å². The molecule has 0 aliphatic rings. The number of nitrogens with one attached hydrogen (secondary N) is 1. The van der Waals surface area contributed by atoms with Crippen molar-refractivity contribution in [2.24, 2.45) is 5.73 Å². The summed E-state index contributed by atoms with van der Waals surface area (Å²) in [5.41, 5.74) is 7.51. The maximum atomic E-state index is 12.0. The predicted molar refractivity (Wildman–Crippen MR) is 100 cm³/mol. The van der Waals surface area contributed by atoms with Crippen LogP contribution in [0.1, 0.15) is 48.7 Å². The molecule has 0 radical (unpaired) electrons. The second kappa shape index (κ2) is 9.34. The highest BCUT2D eigenvalue weighted by molar-refractivity contribution is 7.10. The minimum atomic E-state index is -0.821. The van der Waals surface area contributed by atoms with Gasteiger partial charge in [0.15, 0.2) is 6.04 Å². The molecular formula is C19H26N3O2S+. The Labute approximate surface area is 152 Å². The third kappa shape index (κ3) is 5.69. The van der Waals surface area contributed by atoms with Gasteiger partial charge in [-0.05, 0) is 36.8 Å². The number of hydrogen-bond donors (Lipinski definition) is 3. The monoisotopic (exact) mass is 360 g/mol. The van der Waals surface area contributed by atoms with E-state index in [0.717, 1.165) is 12.0 Å². The van der Waals surface area contributed by atoms with Crippen molar-refractivity contribution < 1.29 is 14.9 Å². The van der Waals surface area contributed by atoms with Gasteiger partial charge in [0.1, 0.15) is 6.04 Å². The summed E-state index contributed by atoms with van der Waals surface area (Å²) in [5, 5.41) is 6.14. The molecule has 2 atom stereocenters. The van der Waals surface area contributed by atoms with Crippen LogP contribution in [0.3, 0.4) is 0 Å². The Balaban J connectivity index is 2.16. The zero-order valence-corrected chi connectivity index (χ0v) is 15.5. The van der Waals surface area contributed by atoms with Crippen LogP contribution in [0.15, 0.2) is 41.8 Å². The molecule has 0 aliphatic carbocycles. The van der Waals surface area contributed by atoms with Crippen LogP contribution in [0.4, 0.5) is 4.79 Å². The fraction of sp³-hybridized carbons (Fsp3) is 0.368. The van der Waals surface area contributed by atoms with Crippen molar-refractivity contribution >= 4 is 23.3 Å². The molecule has 1 aromatic heterocycles. The second-order valence-electron chi connectivity index (χ2n) is 6.17. The third-order valence-corrected chi connectivity index (χ3v) is 5.10. The first kappa shape index (κ1) is 19.1. The summed E-state index contributed by atoms with van der Waals surface area (Å²) in [7, 11) is 0. The van der Waals surface area contributed by atoms with Gasteiger partial charge in [0.2, 0.25) is 0 Å². The molecule has 0 aliphatic heterocycles. The topological polar surface area (TPSA) is 88.8 Å². The van der Waals surface area contributed by atoms with Crippen LogP contribution in [0, 0.1) is 0 Å². The SMILES string of the molecule is CCCCc1ccc([C@H]([NH2+][C@H](C)C(=O)NC(N)=O)c2cccs2)cc1. The maximum absolute atomic E-state index is 12.0. The summed E-state index contributed by atoms with van der Waals surface area (Å²) in [6, 6.07) is 11.4. The van der Waals surface area contributed by atoms with Gasteiger partial charge in [-0.15, -0.1) is 11.3 Å². The van der Waals surface area contributed by atoms with Crippen LogP contribution >= 0.6 is 11.3 Å². The van der Waals surface area contributed by atoms with Crippen LogP contribution < -0.4 is 16.4 Å². The number of carbonyl (C=O) groups excluding carboxylic acids is 2. The van der Waals surface area contributed by atoms with E-state index < -0.39 is 12.1 Å². The van der Waals surface area contributed by atoms with Crippen LogP contribution in [-0.4, -0.2) is 18.0 Å². The number of benzene rings is 1. The molecule has 134 valence electrons. The first-order chi connectivity index (χ1) is 12.0. The number of aryl methyl sites for hydroxylation is 1. The van der Waals surface area contributed by atoms with E-state index in [0.29, 0.717) is 0 Å². The lowest BCUT2D eigenvalue weighted by molar-refractivity contribution is -0.704. The number of urea groups is 1. The van der Waals surface area contributed by atoms with Crippen molar-refractivity contribution in [2.75, 3.05) is 0 Å². The number of hydrogen-bond acceptors (Lipinski definition) is 3. The summed E-state index contributed by atoms with van der Waals surface area (Å²) < 4.78 is 0. The molecule has 2 aromatic rings. The number of rotatable bonds is 8. The summed E-state index contributed by atoms with van der Waals surface area (Å²) in [5.74, 6) is -0.381. The van der Waals surface area contributed by atoms with Crippen molar-refractivity contribution in [1.29, 1.82) is 0 Å². The highest BCUT2D eigenvalue weighted by Gasteiger charge is 2.26. The Bertz CT molecular complexity index is 683. The summed E-state index contributed by atoms with van der Waals surface area (Å²) in [6.45, 7) is 3.96. The first-order valence-corrected chi connectivity index (χ1v) is 9.46. The molecule has 0 saturated carbocycles. The average Bonchev–Trinajstić information content (AvgIpc) is 3.12. The number of nitrogens with two attached hydrogens (primary N) is 2. The highest BCUT2D eigenvalue weighted by atomic mass is 32.1. The van der Waals surface area contributed by atoms with E-state index in [2.05, 4.69) is 42.6 Å². The lowest BCUT2D eigenvalue weighted by Crippen LogP contribution is -2.92. The first-order valence-electron chi connectivity index (χ1n) is 8.58. The van der Waals surface area contributed by atoms with E-state index in [-0.39, 0.29) is 11.9 Å². The van der Waals surface area contributed by atoms with Gasteiger partial charge in [-0.3, -0.25) is 10.1 Å². The molecule has 3 amide bonds. The van der Waals surface area contributed by atoms with Crippen LogP contribution in [0.5, 0.6) is 0 Å². The Kier molecular flexibility index (Phi) is 7.16. The van der Waals surface area contributed by atoms with Crippen LogP contribution in [0.2, 0.25) is 0 Å². The molecule has 6 heteroatoms. The van der Waals surface area contributed by atoms with Gasteiger partial charge >= 0.3 is 6.03 Å². The number of amides is 3. The number of unbranched alkanes of at least 4 members (excludes halogenated alkanes) is 1. The molecule has 0 spiro atoms. The molecule has 1 aromatic carbocycles. The Morgan fingerprint density at radius 1 is 1.24 bits per heavy atom. The van der Waals surface area contributed by atoms with Gasteiger partial charge in [0.05, 0.1) is 4.88 Å².